The number of hydrogen-bond donors (Lipinski definition) is 1. The maximum Gasteiger partial charge on any atom is 0.337 e. The molecule has 1 aromatic carbocycles. The van der Waals surface area contributed by atoms with Crippen LogP contribution in [0, 0.1) is 0 Å². The van der Waals surface area contributed by atoms with E-state index in [2.05, 4.69) is 4.74 Å². The highest BCUT2D eigenvalue weighted by Gasteiger charge is 2.14. The third kappa shape index (κ3) is 3.30. The van der Waals surface area contributed by atoms with E-state index in [1.54, 1.807) is 24.3 Å². The average Bonchev–Trinajstić information content (AvgIpc) is 2.43. The van der Waals surface area contributed by atoms with E-state index in [9.17, 15) is 9.59 Å². The molecule has 1 N–H and O–H groups in total. The molecule has 0 radical (unpaired) electrons. The van der Waals surface area contributed by atoms with Crippen LogP contribution in [0.4, 0.5) is 0 Å². The van der Waals surface area contributed by atoms with Crippen LogP contribution in [0.3, 0.4) is 0 Å². The summed E-state index contributed by atoms with van der Waals surface area (Å²) in [7, 11) is 1.31. The first-order chi connectivity index (χ1) is 8.63. The van der Waals surface area contributed by atoms with Crippen LogP contribution >= 0.6 is 0 Å². The molecule has 0 saturated heterocycles. The molecule has 0 aliphatic heterocycles. The van der Waals surface area contributed by atoms with E-state index in [0.717, 1.165) is 0 Å². The highest BCUT2D eigenvalue weighted by molar-refractivity contribution is 5.96. The van der Waals surface area contributed by atoms with E-state index in [1.807, 2.05) is 6.92 Å². The van der Waals surface area contributed by atoms with Crippen molar-refractivity contribution in [2.75, 3.05) is 26.8 Å². The molecule has 18 heavy (non-hydrogen) atoms. The fourth-order valence-electron chi connectivity index (χ4n) is 1.57. The molecular weight excluding hydrogens is 234 g/mol. The molecule has 0 heterocycles. The second kappa shape index (κ2) is 6.76. The molecule has 98 valence electrons. The van der Waals surface area contributed by atoms with Gasteiger partial charge >= 0.3 is 5.97 Å². The third-order valence-corrected chi connectivity index (χ3v) is 2.59. The number of methoxy groups -OCH3 is 1. The number of benzene rings is 1. The molecule has 0 aliphatic carbocycles. The fourth-order valence-corrected chi connectivity index (χ4v) is 1.57. The lowest BCUT2D eigenvalue weighted by Crippen LogP contribution is -2.33. The Kier molecular flexibility index (Phi) is 5.32. The molecule has 1 aromatic rings. The van der Waals surface area contributed by atoms with E-state index in [1.165, 1.54) is 12.0 Å². The first-order valence-electron chi connectivity index (χ1n) is 5.72. The third-order valence-electron chi connectivity index (χ3n) is 2.59. The zero-order valence-electron chi connectivity index (χ0n) is 10.5. The maximum atomic E-state index is 12.0. The predicted molar refractivity (Wildman–Crippen MR) is 66.4 cm³/mol. The second-order valence-electron chi connectivity index (χ2n) is 3.68. The number of esters is 1. The summed E-state index contributed by atoms with van der Waals surface area (Å²) < 4.78 is 4.58. The highest BCUT2D eigenvalue weighted by atomic mass is 16.5. The number of aliphatic hydroxyl groups excluding tert-OH is 1. The van der Waals surface area contributed by atoms with Gasteiger partial charge in [-0.1, -0.05) is 0 Å². The minimum atomic E-state index is -0.434. The Hall–Kier alpha value is -1.88. The summed E-state index contributed by atoms with van der Waals surface area (Å²) in [6.07, 6.45) is 0. The first-order valence-corrected chi connectivity index (χ1v) is 5.72. The van der Waals surface area contributed by atoms with Gasteiger partial charge in [0.25, 0.3) is 5.91 Å². The van der Waals surface area contributed by atoms with E-state index >= 15 is 0 Å². The van der Waals surface area contributed by atoms with Crippen LogP contribution in [0.5, 0.6) is 0 Å². The van der Waals surface area contributed by atoms with Crippen LogP contribution in [0.25, 0.3) is 0 Å². The second-order valence-corrected chi connectivity index (χ2v) is 3.68. The van der Waals surface area contributed by atoms with Crippen LogP contribution in [0.1, 0.15) is 27.6 Å². The lowest BCUT2D eigenvalue weighted by molar-refractivity contribution is 0.0599. The van der Waals surface area contributed by atoms with Crippen molar-refractivity contribution in [2.45, 2.75) is 6.92 Å². The smallest absolute Gasteiger partial charge is 0.337 e. The van der Waals surface area contributed by atoms with Gasteiger partial charge in [-0.05, 0) is 31.2 Å². The van der Waals surface area contributed by atoms with E-state index < -0.39 is 5.97 Å². The largest absolute Gasteiger partial charge is 0.465 e. The molecule has 0 unspecified atom stereocenters. The SMILES string of the molecule is CCN(CCO)C(=O)c1ccc(C(=O)OC)cc1. The van der Waals surface area contributed by atoms with Gasteiger partial charge in [0.15, 0.2) is 0 Å². The first kappa shape index (κ1) is 14.2. The Balaban J connectivity index is 2.84. The van der Waals surface area contributed by atoms with Crippen LogP contribution in [-0.4, -0.2) is 48.7 Å². The quantitative estimate of drug-likeness (QED) is 0.790. The van der Waals surface area contributed by atoms with Gasteiger partial charge in [-0.25, -0.2) is 4.79 Å². The molecule has 1 amide bonds. The van der Waals surface area contributed by atoms with Crippen molar-refractivity contribution in [3.05, 3.63) is 35.4 Å². The lowest BCUT2D eigenvalue weighted by atomic mass is 10.1. The van der Waals surface area contributed by atoms with Crippen LogP contribution in [0.2, 0.25) is 0 Å². The van der Waals surface area contributed by atoms with Crippen molar-refractivity contribution >= 4 is 11.9 Å². The Bertz CT molecular complexity index is 414. The van der Waals surface area contributed by atoms with Gasteiger partial charge < -0.3 is 14.7 Å². The minimum Gasteiger partial charge on any atom is -0.465 e. The number of likely N-dealkylation sites (N-methyl/N-ethyl adjacent to an activating group) is 1. The molecule has 0 saturated carbocycles. The summed E-state index contributed by atoms with van der Waals surface area (Å²) in [4.78, 5) is 24.8. The van der Waals surface area contributed by atoms with Crippen LogP contribution < -0.4 is 0 Å². The van der Waals surface area contributed by atoms with Gasteiger partial charge in [0.2, 0.25) is 0 Å². The number of aliphatic hydroxyl groups is 1. The average molecular weight is 251 g/mol. The standard InChI is InChI=1S/C13H17NO4/c1-3-14(8-9-15)12(16)10-4-6-11(7-5-10)13(17)18-2/h4-7,15H,3,8-9H2,1-2H3. The summed E-state index contributed by atoms with van der Waals surface area (Å²) in [5.74, 6) is -0.598. The molecule has 0 atom stereocenters. The lowest BCUT2D eigenvalue weighted by Gasteiger charge is -2.19. The topological polar surface area (TPSA) is 66.8 Å². The van der Waals surface area contributed by atoms with Gasteiger partial charge in [-0.3, -0.25) is 4.79 Å². The van der Waals surface area contributed by atoms with Crippen molar-refractivity contribution in [3.8, 4) is 0 Å². The molecule has 0 aliphatic rings. The molecule has 0 aromatic heterocycles. The Morgan fingerprint density at radius 1 is 1.22 bits per heavy atom. The molecular formula is C13H17NO4. The zero-order valence-corrected chi connectivity index (χ0v) is 10.5. The number of rotatable bonds is 5. The van der Waals surface area contributed by atoms with Gasteiger partial charge in [-0.2, -0.15) is 0 Å². The summed E-state index contributed by atoms with van der Waals surface area (Å²) >= 11 is 0. The number of ether oxygens (including phenoxy) is 1. The van der Waals surface area contributed by atoms with Crippen molar-refractivity contribution in [3.63, 3.8) is 0 Å². The Morgan fingerprint density at radius 3 is 2.22 bits per heavy atom. The van der Waals surface area contributed by atoms with Crippen molar-refractivity contribution < 1.29 is 19.4 Å². The minimum absolute atomic E-state index is 0.0696. The van der Waals surface area contributed by atoms with Gasteiger partial charge in [0.05, 0.1) is 19.3 Å². The molecule has 0 fully saturated rings. The van der Waals surface area contributed by atoms with Gasteiger partial charge in [0, 0.05) is 18.7 Å². The van der Waals surface area contributed by atoms with Gasteiger partial charge in [0.1, 0.15) is 0 Å². The van der Waals surface area contributed by atoms with Gasteiger partial charge in [-0.15, -0.1) is 0 Å². The molecule has 5 heteroatoms. The number of carbonyl (C=O) groups is 2. The van der Waals surface area contributed by atoms with Crippen LogP contribution in [-0.2, 0) is 4.74 Å². The van der Waals surface area contributed by atoms with Crippen LogP contribution in [0.15, 0.2) is 24.3 Å². The van der Waals surface area contributed by atoms with Crippen molar-refractivity contribution in [2.24, 2.45) is 0 Å². The summed E-state index contributed by atoms with van der Waals surface area (Å²) in [6, 6.07) is 6.25. The molecule has 0 spiro atoms. The van der Waals surface area contributed by atoms with Crippen molar-refractivity contribution in [1.82, 2.24) is 4.90 Å². The Labute approximate surface area is 106 Å². The Morgan fingerprint density at radius 2 is 1.78 bits per heavy atom. The van der Waals surface area contributed by atoms with E-state index in [0.29, 0.717) is 24.2 Å². The van der Waals surface area contributed by atoms with Crippen molar-refractivity contribution in [1.29, 1.82) is 0 Å². The number of nitrogens with zero attached hydrogens (tertiary/aromatic N) is 1. The zero-order chi connectivity index (χ0) is 13.5. The normalized spacial score (nSPS) is 9.94. The monoisotopic (exact) mass is 251 g/mol. The number of amides is 1. The molecule has 1 rings (SSSR count). The predicted octanol–water partition coefficient (Wildman–Crippen LogP) is 0.928. The van der Waals surface area contributed by atoms with E-state index in [-0.39, 0.29) is 12.5 Å². The van der Waals surface area contributed by atoms with E-state index in [4.69, 9.17) is 5.11 Å². The highest BCUT2D eigenvalue weighted by Crippen LogP contribution is 2.08. The summed E-state index contributed by atoms with van der Waals surface area (Å²) in [6.45, 7) is 2.60. The summed E-state index contributed by atoms with van der Waals surface area (Å²) in [5, 5.41) is 8.86. The fraction of sp³-hybridized carbons (Fsp3) is 0.385. The number of hydrogen-bond acceptors (Lipinski definition) is 4. The molecule has 5 nitrogen and oxygen atoms in total. The number of carbonyl (C=O) groups excluding carboxylic acids is 2. The maximum absolute atomic E-state index is 12.0. The molecule has 0 bridgehead atoms. The summed E-state index contributed by atoms with van der Waals surface area (Å²) in [5.41, 5.74) is 0.886.